The summed E-state index contributed by atoms with van der Waals surface area (Å²) in [5, 5.41) is 9.73. The normalized spacial score (nSPS) is 16.8. The van der Waals surface area contributed by atoms with Crippen LogP contribution in [-0.4, -0.2) is 23.1 Å². The fourth-order valence-corrected chi connectivity index (χ4v) is 2.56. The number of rotatable bonds is 3. The van der Waals surface area contributed by atoms with Crippen LogP contribution in [-0.2, 0) is 6.54 Å². The Morgan fingerprint density at radius 2 is 1.82 bits per heavy atom. The average molecular weight is 256 g/mol. The number of aromatic hydroxyl groups is 1. The van der Waals surface area contributed by atoms with Crippen LogP contribution in [0, 0.1) is 0 Å². The van der Waals surface area contributed by atoms with Crippen LogP contribution in [0.2, 0.25) is 0 Å². The lowest BCUT2D eigenvalue weighted by molar-refractivity contribution is 0.183. The number of phenolic OH excluding ortho intramolecular Hbond substituents is 1. The molecule has 1 aromatic rings. The minimum atomic E-state index is 0. The van der Waals surface area contributed by atoms with Crippen LogP contribution in [0.3, 0.4) is 0 Å². The number of nitrogens with zero attached hydrogens (tertiary/aromatic N) is 1. The van der Waals surface area contributed by atoms with E-state index in [1.165, 1.54) is 32.1 Å². The molecule has 1 fully saturated rings. The summed E-state index contributed by atoms with van der Waals surface area (Å²) in [6, 6.07) is 8.34. The summed E-state index contributed by atoms with van der Waals surface area (Å²) in [6.45, 7) is 0.858. The third kappa shape index (κ3) is 3.90. The predicted octanol–water partition coefficient (Wildman–Crippen LogP) is 3.58. The molecule has 1 N–H and O–H groups in total. The first kappa shape index (κ1) is 14.3. The molecular formula is C14H22ClNO. The Hall–Kier alpha value is -0.730. The molecule has 1 aromatic carbocycles. The molecule has 0 radical (unpaired) electrons. The molecule has 1 aliphatic carbocycles. The molecule has 3 heteroatoms. The monoisotopic (exact) mass is 255 g/mol. The zero-order chi connectivity index (χ0) is 11.4. The molecule has 0 atom stereocenters. The van der Waals surface area contributed by atoms with Crippen LogP contribution in [0.25, 0.3) is 0 Å². The highest BCUT2D eigenvalue weighted by atomic mass is 35.5. The molecule has 0 amide bonds. The van der Waals surface area contributed by atoms with Gasteiger partial charge in [0.2, 0.25) is 0 Å². The van der Waals surface area contributed by atoms with E-state index in [1.807, 2.05) is 18.2 Å². The Kier molecular flexibility index (Phi) is 5.79. The van der Waals surface area contributed by atoms with E-state index >= 15 is 0 Å². The van der Waals surface area contributed by atoms with E-state index in [1.54, 1.807) is 6.07 Å². The van der Waals surface area contributed by atoms with Crippen LogP contribution in [0.1, 0.15) is 37.7 Å². The smallest absolute Gasteiger partial charge is 0.120 e. The van der Waals surface area contributed by atoms with Crippen molar-refractivity contribution in [1.29, 1.82) is 0 Å². The van der Waals surface area contributed by atoms with E-state index in [2.05, 4.69) is 11.9 Å². The molecule has 0 unspecified atom stereocenters. The first-order valence-corrected chi connectivity index (χ1v) is 6.24. The zero-order valence-electron chi connectivity index (χ0n) is 10.4. The van der Waals surface area contributed by atoms with Gasteiger partial charge in [-0.2, -0.15) is 0 Å². The van der Waals surface area contributed by atoms with Gasteiger partial charge in [0.25, 0.3) is 0 Å². The van der Waals surface area contributed by atoms with Crippen molar-refractivity contribution in [2.24, 2.45) is 0 Å². The Morgan fingerprint density at radius 3 is 2.47 bits per heavy atom. The molecule has 0 aliphatic heterocycles. The SMILES string of the molecule is CN(Cc1ccccc1O)C1CCCCC1.Cl. The van der Waals surface area contributed by atoms with E-state index in [0.717, 1.165) is 12.1 Å². The van der Waals surface area contributed by atoms with Crippen molar-refractivity contribution in [3.63, 3.8) is 0 Å². The molecule has 1 saturated carbocycles. The summed E-state index contributed by atoms with van der Waals surface area (Å²) in [4.78, 5) is 2.38. The van der Waals surface area contributed by atoms with E-state index in [9.17, 15) is 5.11 Å². The second kappa shape index (κ2) is 6.87. The van der Waals surface area contributed by atoms with Crippen molar-refractivity contribution in [3.8, 4) is 5.75 Å². The molecule has 1 aliphatic rings. The van der Waals surface area contributed by atoms with Gasteiger partial charge < -0.3 is 5.11 Å². The van der Waals surface area contributed by atoms with Crippen molar-refractivity contribution in [1.82, 2.24) is 4.90 Å². The third-order valence-electron chi connectivity index (χ3n) is 3.61. The second-order valence-corrected chi connectivity index (χ2v) is 4.84. The number of hydrogen-bond donors (Lipinski definition) is 1. The number of benzene rings is 1. The highest BCUT2D eigenvalue weighted by Crippen LogP contribution is 2.24. The Balaban J connectivity index is 0.00000144. The maximum atomic E-state index is 9.73. The second-order valence-electron chi connectivity index (χ2n) is 4.84. The van der Waals surface area contributed by atoms with Crippen molar-refractivity contribution >= 4 is 12.4 Å². The molecule has 2 nitrogen and oxygen atoms in total. The van der Waals surface area contributed by atoms with Crippen LogP contribution < -0.4 is 0 Å². The van der Waals surface area contributed by atoms with Gasteiger partial charge in [-0.05, 0) is 26.0 Å². The number of hydrogen-bond acceptors (Lipinski definition) is 2. The number of para-hydroxylation sites is 1. The molecule has 2 rings (SSSR count). The average Bonchev–Trinajstić information content (AvgIpc) is 2.33. The van der Waals surface area contributed by atoms with Crippen LogP contribution in [0.15, 0.2) is 24.3 Å². The molecule has 0 aromatic heterocycles. The van der Waals surface area contributed by atoms with Crippen molar-refractivity contribution in [2.75, 3.05) is 7.05 Å². The summed E-state index contributed by atoms with van der Waals surface area (Å²) >= 11 is 0. The Labute approximate surface area is 110 Å². The topological polar surface area (TPSA) is 23.5 Å². The molecule has 17 heavy (non-hydrogen) atoms. The Bertz CT molecular complexity index is 337. The fraction of sp³-hybridized carbons (Fsp3) is 0.571. The molecule has 96 valence electrons. The maximum absolute atomic E-state index is 9.73. The van der Waals surface area contributed by atoms with E-state index in [0.29, 0.717) is 11.8 Å². The van der Waals surface area contributed by atoms with Gasteiger partial charge in [-0.3, -0.25) is 4.90 Å². The third-order valence-corrected chi connectivity index (χ3v) is 3.61. The summed E-state index contributed by atoms with van der Waals surface area (Å²) in [7, 11) is 2.17. The lowest BCUT2D eigenvalue weighted by Gasteiger charge is -2.31. The van der Waals surface area contributed by atoms with Crippen molar-refractivity contribution < 1.29 is 5.11 Å². The lowest BCUT2D eigenvalue weighted by atomic mass is 9.94. The van der Waals surface area contributed by atoms with Gasteiger partial charge in [0, 0.05) is 18.2 Å². The molecule has 0 saturated heterocycles. The van der Waals surface area contributed by atoms with Gasteiger partial charge in [0.15, 0.2) is 0 Å². The summed E-state index contributed by atoms with van der Waals surface area (Å²) < 4.78 is 0. The first-order chi connectivity index (χ1) is 7.77. The number of phenols is 1. The standard InChI is InChI=1S/C14H21NO.ClH/c1-15(13-8-3-2-4-9-13)11-12-7-5-6-10-14(12)16;/h5-7,10,13,16H,2-4,8-9,11H2,1H3;1H. The summed E-state index contributed by atoms with van der Waals surface area (Å²) in [6.07, 6.45) is 6.72. The maximum Gasteiger partial charge on any atom is 0.120 e. The predicted molar refractivity (Wildman–Crippen MR) is 73.7 cm³/mol. The van der Waals surface area contributed by atoms with Crippen LogP contribution in [0.4, 0.5) is 0 Å². The Morgan fingerprint density at radius 1 is 1.18 bits per heavy atom. The summed E-state index contributed by atoms with van der Waals surface area (Å²) in [5.41, 5.74) is 1.04. The molecule has 0 spiro atoms. The minimum Gasteiger partial charge on any atom is -0.508 e. The van der Waals surface area contributed by atoms with Crippen LogP contribution in [0.5, 0.6) is 5.75 Å². The van der Waals surface area contributed by atoms with Gasteiger partial charge in [0.1, 0.15) is 5.75 Å². The largest absolute Gasteiger partial charge is 0.508 e. The van der Waals surface area contributed by atoms with Crippen LogP contribution >= 0.6 is 12.4 Å². The van der Waals surface area contributed by atoms with Gasteiger partial charge in [-0.15, -0.1) is 12.4 Å². The van der Waals surface area contributed by atoms with E-state index in [-0.39, 0.29) is 12.4 Å². The summed E-state index contributed by atoms with van der Waals surface area (Å²) in [5.74, 6) is 0.421. The van der Waals surface area contributed by atoms with E-state index < -0.39 is 0 Å². The zero-order valence-corrected chi connectivity index (χ0v) is 11.2. The van der Waals surface area contributed by atoms with Gasteiger partial charge in [-0.25, -0.2) is 0 Å². The van der Waals surface area contributed by atoms with E-state index in [4.69, 9.17) is 0 Å². The quantitative estimate of drug-likeness (QED) is 0.893. The molecule has 0 bridgehead atoms. The fourth-order valence-electron chi connectivity index (χ4n) is 2.56. The van der Waals surface area contributed by atoms with Crippen molar-refractivity contribution in [3.05, 3.63) is 29.8 Å². The number of halogens is 1. The van der Waals surface area contributed by atoms with Gasteiger partial charge in [-0.1, -0.05) is 37.5 Å². The highest BCUT2D eigenvalue weighted by molar-refractivity contribution is 5.85. The molecular weight excluding hydrogens is 234 g/mol. The lowest BCUT2D eigenvalue weighted by Crippen LogP contribution is -2.32. The first-order valence-electron chi connectivity index (χ1n) is 6.24. The molecule has 0 heterocycles. The van der Waals surface area contributed by atoms with Gasteiger partial charge >= 0.3 is 0 Å². The van der Waals surface area contributed by atoms with Crippen molar-refractivity contribution in [2.45, 2.75) is 44.7 Å². The highest BCUT2D eigenvalue weighted by Gasteiger charge is 2.18. The minimum absolute atomic E-state index is 0. The van der Waals surface area contributed by atoms with Gasteiger partial charge in [0.05, 0.1) is 0 Å².